The van der Waals surface area contributed by atoms with E-state index in [2.05, 4.69) is 26.1 Å². The summed E-state index contributed by atoms with van der Waals surface area (Å²) >= 11 is 0. The van der Waals surface area contributed by atoms with Crippen molar-refractivity contribution >= 4 is 5.69 Å². The predicted molar refractivity (Wildman–Crippen MR) is 83.8 cm³/mol. The van der Waals surface area contributed by atoms with Crippen molar-refractivity contribution in [2.45, 2.75) is 52.6 Å². The minimum absolute atomic E-state index is 0.213. The van der Waals surface area contributed by atoms with Crippen molar-refractivity contribution in [1.29, 1.82) is 0 Å². The minimum atomic E-state index is -0.333. The number of halogens is 2. The normalized spacial score (nSPS) is 22.9. The minimum Gasteiger partial charge on any atom is -0.363 e. The monoisotopic (exact) mass is 296 g/mol. The number of rotatable bonds is 4. The van der Waals surface area contributed by atoms with Crippen LogP contribution >= 0.6 is 0 Å². The molecule has 4 heteroatoms. The van der Waals surface area contributed by atoms with E-state index in [1.54, 1.807) is 6.92 Å². The highest BCUT2D eigenvalue weighted by atomic mass is 19.1. The maximum Gasteiger partial charge on any atom is 0.146 e. The summed E-state index contributed by atoms with van der Waals surface area (Å²) in [5.41, 5.74) is 0.762. The Kier molecular flexibility index (Phi) is 5.20. The second-order valence-corrected chi connectivity index (χ2v) is 6.50. The van der Waals surface area contributed by atoms with E-state index in [0.717, 1.165) is 25.9 Å². The van der Waals surface area contributed by atoms with Gasteiger partial charge in [-0.3, -0.25) is 0 Å². The van der Waals surface area contributed by atoms with Gasteiger partial charge in [-0.25, -0.2) is 8.78 Å². The zero-order chi connectivity index (χ0) is 15.6. The highest BCUT2D eigenvalue weighted by Gasteiger charge is 2.29. The fourth-order valence-corrected chi connectivity index (χ4v) is 3.11. The van der Waals surface area contributed by atoms with Crippen LogP contribution in [-0.2, 0) is 0 Å². The highest BCUT2D eigenvalue weighted by Crippen LogP contribution is 2.28. The molecule has 1 aliphatic heterocycles. The topological polar surface area (TPSA) is 15.3 Å². The number of anilines is 1. The Balaban J connectivity index is 2.26. The number of benzene rings is 1. The van der Waals surface area contributed by atoms with Crippen molar-refractivity contribution < 1.29 is 8.78 Å². The highest BCUT2D eigenvalue weighted by molar-refractivity contribution is 5.51. The Bertz CT molecular complexity index is 488. The summed E-state index contributed by atoms with van der Waals surface area (Å²) < 4.78 is 28.1. The lowest BCUT2D eigenvalue weighted by atomic mass is 9.98. The van der Waals surface area contributed by atoms with Gasteiger partial charge in [-0.2, -0.15) is 0 Å². The van der Waals surface area contributed by atoms with E-state index in [1.165, 1.54) is 12.1 Å². The van der Waals surface area contributed by atoms with Gasteiger partial charge in [0.05, 0.1) is 5.69 Å². The lowest BCUT2D eigenvalue weighted by Crippen LogP contribution is -2.57. The standard InChI is InChI=1S/C17H26F2N2/c1-5-14-9-20-13(6-11(2)3)10-21(14)17-8-15(18)12(4)7-16(17)19/h7-8,11,13-14,20H,5-6,9-10H2,1-4H3. The third-order valence-electron chi connectivity index (χ3n) is 4.26. The average Bonchev–Trinajstić information content (AvgIpc) is 2.42. The van der Waals surface area contributed by atoms with Crippen LogP contribution in [0.5, 0.6) is 0 Å². The molecule has 118 valence electrons. The van der Waals surface area contributed by atoms with E-state index in [1.807, 2.05) is 4.90 Å². The first kappa shape index (κ1) is 16.2. The lowest BCUT2D eigenvalue weighted by Gasteiger charge is -2.42. The fourth-order valence-electron chi connectivity index (χ4n) is 3.11. The summed E-state index contributed by atoms with van der Waals surface area (Å²) in [6.07, 6.45) is 1.96. The molecule has 1 saturated heterocycles. The van der Waals surface area contributed by atoms with Crippen molar-refractivity contribution in [3.63, 3.8) is 0 Å². The van der Waals surface area contributed by atoms with Crippen LogP contribution in [0, 0.1) is 24.5 Å². The molecular weight excluding hydrogens is 270 g/mol. The quantitative estimate of drug-likeness (QED) is 0.907. The molecule has 0 spiro atoms. The number of nitrogens with zero attached hydrogens (tertiary/aromatic N) is 1. The maximum absolute atomic E-state index is 14.3. The first-order valence-electron chi connectivity index (χ1n) is 7.88. The Hall–Kier alpha value is -1.16. The summed E-state index contributed by atoms with van der Waals surface area (Å²) in [6, 6.07) is 3.20. The molecule has 0 saturated carbocycles. The molecule has 1 aromatic rings. The van der Waals surface area contributed by atoms with E-state index in [0.29, 0.717) is 23.2 Å². The molecule has 2 atom stereocenters. The molecule has 1 N–H and O–H groups in total. The second-order valence-electron chi connectivity index (χ2n) is 6.50. The summed E-state index contributed by atoms with van der Waals surface area (Å²) in [5.74, 6) is -0.0696. The van der Waals surface area contributed by atoms with Crippen LogP contribution in [0.25, 0.3) is 0 Å². The van der Waals surface area contributed by atoms with Crippen molar-refractivity contribution in [3.8, 4) is 0 Å². The summed E-state index contributed by atoms with van der Waals surface area (Å²) in [7, 11) is 0. The second kappa shape index (κ2) is 6.73. The van der Waals surface area contributed by atoms with Gasteiger partial charge >= 0.3 is 0 Å². The molecule has 1 heterocycles. The van der Waals surface area contributed by atoms with Crippen LogP contribution in [0.1, 0.15) is 39.2 Å². The van der Waals surface area contributed by atoms with Gasteiger partial charge in [-0.1, -0.05) is 20.8 Å². The molecule has 1 aromatic carbocycles. The third-order valence-corrected chi connectivity index (χ3v) is 4.26. The molecule has 0 bridgehead atoms. The molecule has 0 amide bonds. The van der Waals surface area contributed by atoms with Crippen LogP contribution in [-0.4, -0.2) is 25.2 Å². The van der Waals surface area contributed by atoms with E-state index >= 15 is 0 Å². The Labute approximate surface area is 126 Å². The zero-order valence-corrected chi connectivity index (χ0v) is 13.4. The molecule has 0 radical (unpaired) electrons. The van der Waals surface area contributed by atoms with Gasteiger partial charge in [0.15, 0.2) is 0 Å². The van der Waals surface area contributed by atoms with Crippen LogP contribution in [0.4, 0.5) is 14.5 Å². The first-order chi connectivity index (χ1) is 9.92. The molecule has 2 rings (SSSR count). The zero-order valence-electron chi connectivity index (χ0n) is 13.4. The third kappa shape index (κ3) is 3.73. The fraction of sp³-hybridized carbons (Fsp3) is 0.647. The van der Waals surface area contributed by atoms with Gasteiger partial charge in [0.1, 0.15) is 11.6 Å². The number of aryl methyl sites for hydroxylation is 1. The molecule has 0 aromatic heterocycles. The van der Waals surface area contributed by atoms with Gasteiger partial charge in [0, 0.05) is 31.2 Å². The Morgan fingerprint density at radius 2 is 2.00 bits per heavy atom. The summed E-state index contributed by atoms with van der Waals surface area (Å²) in [4.78, 5) is 2.04. The Morgan fingerprint density at radius 1 is 1.29 bits per heavy atom. The first-order valence-corrected chi connectivity index (χ1v) is 7.88. The van der Waals surface area contributed by atoms with E-state index < -0.39 is 0 Å². The SMILES string of the molecule is CCC1CNC(CC(C)C)CN1c1cc(F)c(C)cc1F. The van der Waals surface area contributed by atoms with Crippen LogP contribution < -0.4 is 10.2 Å². The number of hydrogen-bond acceptors (Lipinski definition) is 2. The summed E-state index contributed by atoms with van der Waals surface area (Å²) in [6.45, 7) is 9.61. The molecule has 2 unspecified atom stereocenters. The van der Waals surface area contributed by atoms with Crippen molar-refractivity contribution in [2.75, 3.05) is 18.0 Å². The van der Waals surface area contributed by atoms with Gasteiger partial charge in [-0.15, -0.1) is 0 Å². The van der Waals surface area contributed by atoms with Gasteiger partial charge in [-0.05, 0) is 37.3 Å². The number of piperazine rings is 1. The van der Waals surface area contributed by atoms with Gasteiger partial charge < -0.3 is 10.2 Å². The van der Waals surface area contributed by atoms with Gasteiger partial charge in [0.2, 0.25) is 0 Å². The molecule has 21 heavy (non-hydrogen) atoms. The van der Waals surface area contributed by atoms with Crippen LogP contribution in [0.15, 0.2) is 12.1 Å². The smallest absolute Gasteiger partial charge is 0.146 e. The van der Waals surface area contributed by atoms with E-state index in [-0.39, 0.29) is 17.7 Å². The maximum atomic E-state index is 14.3. The summed E-state index contributed by atoms with van der Waals surface area (Å²) in [5, 5.41) is 3.54. The predicted octanol–water partition coefficient (Wildman–Crippen LogP) is 3.88. The van der Waals surface area contributed by atoms with Crippen molar-refractivity contribution in [1.82, 2.24) is 5.32 Å². The van der Waals surface area contributed by atoms with Crippen LogP contribution in [0.2, 0.25) is 0 Å². The van der Waals surface area contributed by atoms with Crippen molar-refractivity contribution in [2.24, 2.45) is 5.92 Å². The molecule has 1 fully saturated rings. The molecular formula is C17H26F2N2. The van der Waals surface area contributed by atoms with E-state index in [9.17, 15) is 8.78 Å². The van der Waals surface area contributed by atoms with Crippen molar-refractivity contribution in [3.05, 3.63) is 29.3 Å². The van der Waals surface area contributed by atoms with E-state index in [4.69, 9.17) is 0 Å². The number of nitrogens with one attached hydrogen (secondary N) is 1. The molecule has 1 aliphatic rings. The van der Waals surface area contributed by atoms with Gasteiger partial charge in [0.25, 0.3) is 0 Å². The molecule has 2 nitrogen and oxygen atoms in total. The Morgan fingerprint density at radius 3 is 2.62 bits per heavy atom. The number of hydrogen-bond donors (Lipinski definition) is 1. The molecule has 0 aliphatic carbocycles. The lowest BCUT2D eigenvalue weighted by molar-refractivity contribution is 0.341. The average molecular weight is 296 g/mol. The largest absolute Gasteiger partial charge is 0.363 e. The van der Waals surface area contributed by atoms with Crippen LogP contribution in [0.3, 0.4) is 0 Å².